The van der Waals surface area contributed by atoms with Crippen molar-refractivity contribution in [3.63, 3.8) is 0 Å². The fraction of sp³-hybridized carbons (Fsp3) is 0.261. The van der Waals surface area contributed by atoms with Gasteiger partial charge in [0.1, 0.15) is 11.1 Å². The molecule has 1 aromatic heterocycles. The van der Waals surface area contributed by atoms with Crippen molar-refractivity contribution in [1.82, 2.24) is 0 Å². The van der Waals surface area contributed by atoms with Gasteiger partial charge in [-0.25, -0.2) is 0 Å². The predicted octanol–water partition coefficient (Wildman–Crippen LogP) is 4.79. The number of allylic oxidation sites excluding steroid dienone is 4. The summed E-state index contributed by atoms with van der Waals surface area (Å²) in [7, 11) is 0. The Labute approximate surface area is 167 Å². The lowest BCUT2D eigenvalue weighted by molar-refractivity contribution is 0.389. The van der Waals surface area contributed by atoms with E-state index in [1.807, 2.05) is 33.8 Å². The molecule has 0 aliphatic heterocycles. The lowest BCUT2D eigenvalue weighted by atomic mass is 9.99. The maximum absolute atomic E-state index is 13.3. The van der Waals surface area contributed by atoms with Gasteiger partial charge >= 0.3 is 0 Å². The third-order valence-corrected chi connectivity index (χ3v) is 4.80. The monoisotopic (exact) mass is 396 g/mol. The average molecular weight is 396 g/mol. The van der Waals surface area contributed by atoms with Crippen LogP contribution < -0.4 is 5.43 Å². The molecule has 0 amide bonds. The van der Waals surface area contributed by atoms with Gasteiger partial charge in [0.2, 0.25) is 11.2 Å². The summed E-state index contributed by atoms with van der Waals surface area (Å²) in [4.78, 5) is 13.3. The van der Waals surface area contributed by atoms with Crippen LogP contribution >= 0.6 is 0 Å². The summed E-state index contributed by atoms with van der Waals surface area (Å²) in [5.74, 6) is -1.93. The van der Waals surface area contributed by atoms with Gasteiger partial charge in [-0.3, -0.25) is 4.79 Å². The zero-order chi connectivity index (χ0) is 21.5. The molecular weight excluding hydrogens is 372 g/mol. The summed E-state index contributed by atoms with van der Waals surface area (Å²) < 4.78 is 5.62. The summed E-state index contributed by atoms with van der Waals surface area (Å²) in [6.45, 7) is 7.58. The van der Waals surface area contributed by atoms with Gasteiger partial charge in [0, 0.05) is 5.56 Å². The molecule has 0 unspecified atom stereocenters. The van der Waals surface area contributed by atoms with E-state index < -0.39 is 22.7 Å². The second-order valence-corrected chi connectivity index (χ2v) is 7.58. The molecule has 0 fully saturated rings. The maximum atomic E-state index is 13.3. The number of rotatable bonds is 4. The second-order valence-electron chi connectivity index (χ2n) is 7.58. The molecule has 0 saturated heterocycles. The summed E-state index contributed by atoms with van der Waals surface area (Å²) in [6.07, 6.45) is 4.26. The number of phenolic OH excluding ortho intramolecular Hbond substituents is 4. The molecular formula is C23H24O6. The number of aromatic hydroxyl groups is 4. The highest BCUT2D eigenvalue weighted by molar-refractivity contribution is 6.00. The van der Waals surface area contributed by atoms with Crippen LogP contribution in [0.4, 0.5) is 0 Å². The van der Waals surface area contributed by atoms with Crippen LogP contribution in [0.3, 0.4) is 0 Å². The molecule has 6 nitrogen and oxygen atoms in total. The molecule has 0 bridgehead atoms. The van der Waals surface area contributed by atoms with Gasteiger partial charge in [-0.05, 0) is 52.2 Å². The minimum atomic E-state index is -0.650. The summed E-state index contributed by atoms with van der Waals surface area (Å²) >= 11 is 0. The molecule has 0 aliphatic rings. The molecule has 0 spiro atoms. The number of phenols is 4. The van der Waals surface area contributed by atoms with Crippen molar-refractivity contribution in [2.24, 2.45) is 0 Å². The average Bonchev–Trinajstić information content (AvgIpc) is 2.65. The van der Waals surface area contributed by atoms with Gasteiger partial charge in [0.15, 0.2) is 22.7 Å². The smallest absolute Gasteiger partial charge is 0.204 e. The zero-order valence-corrected chi connectivity index (χ0v) is 16.8. The van der Waals surface area contributed by atoms with Crippen molar-refractivity contribution in [3.05, 3.63) is 56.8 Å². The van der Waals surface area contributed by atoms with Crippen molar-refractivity contribution < 1.29 is 24.8 Å². The standard InChI is InChI=1S/C23H24O6/c1-11(2)5-7-13-8-10-15(24)22-16(13)20(27)17-18(25)14(9-6-12(3)4)19(26)21(28)23(17)29-22/h5-6,8,10,24-26,28H,7,9H2,1-4H3. The molecule has 152 valence electrons. The van der Waals surface area contributed by atoms with Crippen LogP contribution in [0.2, 0.25) is 0 Å². The van der Waals surface area contributed by atoms with Crippen LogP contribution in [0.25, 0.3) is 21.9 Å². The molecule has 3 aromatic rings. The Morgan fingerprint density at radius 1 is 0.828 bits per heavy atom. The predicted molar refractivity (Wildman–Crippen MR) is 113 cm³/mol. The molecule has 1 heterocycles. The molecule has 3 rings (SSSR count). The van der Waals surface area contributed by atoms with Gasteiger partial charge < -0.3 is 24.8 Å². The van der Waals surface area contributed by atoms with Gasteiger partial charge in [-0.1, -0.05) is 29.4 Å². The van der Waals surface area contributed by atoms with Crippen LogP contribution in [0.15, 0.2) is 44.6 Å². The highest BCUT2D eigenvalue weighted by Crippen LogP contribution is 2.45. The first-order valence-electron chi connectivity index (χ1n) is 9.27. The number of hydrogen-bond acceptors (Lipinski definition) is 6. The topological polar surface area (TPSA) is 111 Å². The van der Waals surface area contributed by atoms with E-state index >= 15 is 0 Å². The fourth-order valence-electron chi connectivity index (χ4n) is 3.22. The van der Waals surface area contributed by atoms with E-state index in [4.69, 9.17) is 4.42 Å². The largest absolute Gasteiger partial charge is 0.507 e. The first-order valence-corrected chi connectivity index (χ1v) is 9.27. The van der Waals surface area contributed by atoms with Crippen LogP contribution in [0.5, 0.6) is 23.0 Å². The van der Waals surface area contributed by atoms with Gasteiger partial charge in [-0.15, -0.1) is 0 Å². The molecule has 0 aliphatic carbocycles. The van der Waals surface area contributed by atoms with E-state index in [-0.39, 0.29) is 39.7 Å². The highest BCUT2D eigenvalue weighted by Gasteiger charge is 2.25. The Morgan fingerprint density at radius 2 is 1.45 bits per heavy atom. The van der Waals surface area contributed by atoms with E-state index in [9.17, 15) is 25.2 Å². The molecule has 4 N–H and O–H groups in total. The third kappa shape index (κ3) is 3.53. The summed E-state index contributed by atoms with van der Waals surface area (Å²) in [5, 5.41) is 41.7. The maximum Gasteiger partial charge on any atom is 0.204 e. The Morgan fingerprint density at radius 3 is 2.07 bits per heavy atom. The molecule has 2 aromatic carbocycles. The Hall–Kier alpha value is -3.41. The van der Waals surface area contributed by atoms with E-state index in [0.717, 1.165) is 11.1 Å². The van der Waals surface area contributed by atoms with Crippen molar-refractivity contribution in [2.45, 2.75) is 40.5 Å². The van der Waals surface area contributed by atoms with Gasteiger partial charge in [0.25, 0.3) is 0 Å². The zero-order valence-electron chi connectivity index (χ0n) is 16.8. The molecule has 0 atom stereocenters. The van der Waals surface area contributed by atoms with Crippen molar-refractivity contribution in [1.29, 1.82) is 0 Å². The minimum Gasteiger partial charge on any atom is -0.507 e. The van der Waals surface area contributed by atoms with Crippen molar-refractivity contribution in [3.8, 4) is 23.0 Å². The van der Waals surface area contributed by atoms with E-state index in [1.165, 1.54) is 6.07 Å². The molecule has 6 heteroatoms. The highest BCUT2D eigenvalue weighted by atomic mass is 16.4. The van der Waals surface area contributed by atoms with Gasteiger partial charge in [-0.2, -0.15) is 0 Å². The van der Waals surface area contributed by atoms with E-state index in [0.29, 0.717) is 12.0 Å². The summed E-state index contributed by atoms with van der Waals surface area (Å²) in [6, 6.07) is 3.03. The number of benzene rings is 2. The number of hydrogen-bond donors (Lipinski definition) is 4. The van der Waals surface area contributed by atoms with Crippen LogP contribution in [-0.4, -0.2) is 20.4 Å². The number of fused-ring (bicyclic) bond motifs is 2. The quantitative estimate of drug-likeness (QED) is 0.218. The van der Waals surface area contributed by atoms with Crippen molar-refractivity contribution in [2.75, 3.05) is 0 Å². The SMILES string of the molecule is CC(C)=CCc1c(O)c(O)c2oc3c(O)ccc(CC=C(C)C)c3c(=O)c2c1O. The van der Waals surface area contributed by atoms with Crippen LogP contribution in [0, 0.1) is 0 Å². The second kappa shape index (κ2) is 7.54. The minimum absolute atomic E-state index is 0.0360. The lowest BCUT2D eigenvalue weighted by Gasteiger charge is -2.13. The third-order valence-electron chi connectivity index (χ3n) is 4.80. The molecule has 0 saturated carbocycles. The first kappa shape index (κ1) is 20.3. The molecule has 0 radical (unpaired) electrons. The Balaban J connectivity index is 2.46. The first-order chi connectivity index (χ1) is 13.6. The van der Waals surface area contributed by atoms with Crippen molar-refractivity contribution >= 4 is 21.9 Å². The van der Waals surface area contributed by atoms with Crippen LogP contribution in [-0.2, 0) is 12.8 Å². The summed E-state index contributed by atoms with van der Waals surface area (Å²) in [5.41, 5.74) is 1.61. The van der Waals surface area contributed by atoms with Gasteiger partial charge in [0.05, 0.1) is 5.39 Å². The fourth-order valence-corrected chi connectivity index (χ4v) is 3.22. The van der Waals surface area contributed by atoms with E-state index in [2.05, 4.69) is 0 Å². The normalized spacial score (nSPS) is 11.0. The van der Waals surface area contributed by atoms with E-state index in [1.54, 1.807) is 12.1 Å². The molecule has 29 heavy (non-hydrogen) atoms. The Kier molecular flexibility index (Phi) is 5.29. The van der Waals surface area contributed by atoms with Crippen LogP contribution in [0.1, 0.15) is 38.8 Å². The Bertz CT molecular complexity index is 1240. The lowest BCUT2D eigenvalue weighted by Crippen LogP contribution is -2.07.